The summed E-state index contributed by atoms with van der Waals surface area (Å²) >= 11 is 0. The first kappa shape index (κ1) is 13.4. The molecule has 0 unspecified atom stereocenters. The van der Waals surface area contributed by atoms with Crippen LogP contribution in [-0.2, 0) is 0 Å². The summed E-state index contributed by atoms with van der Waals surface area (Å²) in [7, 11) is 0. The van der Waals surface area contributed by atoms with Crippen LogP contribution in [0.1, 0.15) is 29.2 Å². The Morgan fingerprint density at radius 3 is 2.32 bits per heavy atom. The average molecular weight is 254 g/mol. The van der Waals surface area contributed by atoms with Gasteiger partial charge in [0, 0.05) is 0 Å². The molecule has 2 aromatic rings. The smallest absolute Gasteiger partial charge is 0.115 e. The molecule has 0 heterocycles. The van der Waals surface area contributed by atoms with Crippen molar-refractivity contribution in [2.75, 3.05) is 0 Å². The molecule has 2 N–H and O–H groups in total. The van der Waals surface area contributed by atoms with Crippen LogP contribution in [0.2, 0.25) is 0 Å². The topological polar surface area (TPSA) is 40.5 Å². The zero-order valence-electron chi connectivity index (χ0n) is 11.0. The Kier molecular flexibility index (Phi) is 4.37. The first-order valence-electron chi connectivity index (χ1n) is 6.36. The highest BCUT2D eigenvalue weighted by Gasteiger charge is 2.11. The fourth-order valence-electron chi connectivity index (χ4n) is 1.96. The molecule has 0 saturated heterocycles. The Bertz CT molecular complexity index is 535. The first-order chi connectivity index (χ1) is 9.16. The third-order valence-electron chi connectivity index (χ3n) is 3.05. The molecule has 19 heavy (non-hydrogen) atoms. The number of aryl methyl sites for hydroxylation is 1. The minimum Gasteiger partial charge on any atom is -0.508 e. The molecule has 0 aliphatic heterocycles. The van der Waals surface area contributed by atoms with E-state index in [0.717, 1.165) is 17.5 Å². The predicted molar refractivity (Wildman–Crippen MR) is 77.9 cm³/mol. The van der Waals surface area contributed by atoms with E-state index in [-0.39, 0.29) is 6.10 Å². The zero-order chi connectivity index (χ0) is 13.7. The van der Waals surface area contributed by atoms with E-state index in [1.165, 1.54) is 5.56 Å². The first-order valence-corrected chi connectivity index (χ1v) is 6.36. The van der Waals surface area contributed by atoms with Crippen molar-refractivity contribution >= 4 is 6.08 Å². The molecule has 2 aromatic carbocycles. The lowest BCUT2D eigenvalue weighted by Crippen LogP contribution is -2.01. The molecule has 2 heteroatoms. The van der Waals surface area contributed by atoms with Gasteiger partial charge in [0.15, 0.2) is 0 Å². The lowest BCUT2D eigenvalue weighted by molar-refractivity contribution is 0.180. The van der Waals surface area contributed by atoms with Gasteiger partial charge in [0.25, 0.3) is 0 Å². The van der Waals surface area contributed by atoms with Gasteiger partial charge in [0.2, 0.25) is 0 Å². The van der Waals surface area contributed by atoms with E-state index in [1.54, 1.807) is 12.1 Å². The number of aromatic hydroxyl groups is 1. The van der Waals surface area contributed by atoms with Gasteiger partial charge in [-0.1, -0.05) is 54.1 Å². The summed E-state index contributed by atoms with van der Waals surface area (Å²) in [6.45, 7) is 1.99. The van der Waals surface area contributed by atoms with E-state index >= 15 is 0 Å². The molecule has 0 bridgehead atoms. The highest BCUT2D eigenvalue weighted by Crippen LogP contribution is 2.26. The van der Waals surface area contributed by atoms with Crippen LogP contribution in [0.3, 0.4) is 0 Å². The SMILES string of the molecule is Cc1ccc(O)cc1.O[C@@H]1CC=Cc2ccccc21. The van der Waals surface area contributed by atoms with E-state index in [4.69, 9.17) is 5.11 Å². The summed E-state index contributed by atoms with van der Waals surface area (Å²) in [5.41, 5.74) is 3.36. The van der Waals surface area contributed by atoms with Crippen LogP contribution in [0.25, 0.3) is 6.08 Å². The molecule has 1 aliphatic rings. The van der Waals surface area contributed by atoms with Gasteiger partial charge in [0.1, 0.15) is 5.75 Å². The second-order valence-electron chi connectivity index (χ2n) is 4.62. The van der Waals surface area contributed by atoms with Crippen LogP contribution in [0.5, 0.6) is 5.75 Å². The molecule has 0 saturated carbocycles. The number of hydrogen-bond donors (Lipinski definition) is 2. The van der Waals surface area contributed by atoms with E-state index in [2.05, 4.69) is 6.08 Å². The fourth-order valence-corrected chi connectivity index (χ4v) is 1.96. The van der Waals surface area contributed by atoms with E-state index < -0.39 is 0 Å². The molecule has 0 aromatic heterocycles. The van der Waals surface area contributed by atoms with Crippen molar-refractivity contribution in [3.8, 4) is 5.75 Å². The zero-order valence-corrected chi connectivity index (χ0v) is 11.0. The van der Waals surface area contributed by atoms with Gasteiger partial charge in [-0.15, -0.1) is 0 Å². The number of fused-ring (bicyclic) bond motifs is 1. The fraction of sp³-hybridized carbons (Fsp3) is 0.176. The van der Waals surface area contributed by atoms with Crippen molar-refractivity contribution in [3.05, 3.63) is 71.3 Å². The molecule has 3 rings (SSSR count). The molecule has 0 amide bonds. The summed E-state index contributed by atoms with van der Waals surface area (Å²) in [5.74, 6) is 0.329. The van der Waals surface area contributed by atoms with Crippen LogP contribution in [-0.4, -0.2) is 10.2 Å². The second kappa shape index (κ2) is 6.21. The van der Waals surface area contributed by atoms with Gasteiger partial charge in [-0.3, -0.25) is 0 Å². The van der Waals surface area contributed by atoms with Gasteiger partial charge in [-0.05, 0) is 36.6 Å². The molecule has 98 valence electrons. The molecule has 1 atom stereocenters. The van der Waals surface area contributed by atoms with Gasteiger partial charge in [-0.25, -0.2) is 0 Å². The normalized spacial score (nSPS) is 16.2. The van der Waals surface area contributed by atoms with Crippen molar-refractivity contribution in [2.24, 2.45) is 0 Å². The van der Waals surface area contributed by atoms with Gasteiger partial charge in [-0.2, -0.15) is 0 Å². The molecule has 1 aliphatic carbocycles. The second-order valence-corrected chi connectivity index (χ2v) is 4.62. The maximum atomic E-state index is 9.51. The van der Waals surface area contributed by atoms with Gasteiger partial charge in [0.05, 0.1) is 6.10 Å². The molecule has 0 radical (unpaired) electrons. The molecule has 0 fully saturated rings. The average Bonchev–Trinajstić information content (AvgIpc) is 2.44. The van der Waals surface area contributed by atoms with Crippen LogP contribution in [0.15, 0.2) is 54.6 Å². The highest BCUT2D eigenvalue weighted by molar-refractivity contribution is 5.56. The summed E-state index contributed by atoms with van der Waals surface area (Å²) in [6.07, 6.45) is 4.52. The van der Waals surface area contributed by atoms with Crippen LogP contribution in [0, 0.1) is 6.92 Å². The number of aliphatic hydroxyl groups excluding tert-OH is 1. The molecular formula is C17H18O2. The van der Waals surface area contributed by atoms with Crippen LogP contribution >= 0.6 is 0 Å². The molecule has 2 nitrogen and oxygen atoms in total. The minimum atomic E-state index is -0.295. The third kappa shape index (κ3) is 3.70. The molecule has 0 spiro atoms. The van der Waals surface area contributed by atoms with Crippen molar-refractivity contribution in [3.63, 3.8) is 0 Å². The highest BCUT2D eigenvalue weighted by atomic mass is 16.3. The maximum absolute atomic E-state index is 9.51. The largest absolute Gasteiger partial charge is 0.508 e. The summed E-state index contributed by atoms with van der Waals surface area (Å²) in [4.78, 5) is 0. The minimum absolute atomic E-state index is 0.295. The van der Waals surface area contributed by atoms with Crippen LogP contribution < -0.4 is 0 Å². The Labute approximate surface area is 113 Å². The predicted octanol–water partition coefficient (Wildman–Crippen LogP) is 3.84. The number of rotatable bonds is 0. The number of benzene rings is 2. The molecular weight excluding hydrogens is 236 g/mol. The number of hydrogen-bond acceptors (Lipinski definition) is 2. The number of phenolic OH excluding ortho intramolecular Hbond substituents is 1. The number of aliphatic hydroxyl groups is 1. The van der Waals surface area contributed by atoms with E-state index in [1.807, 2.05) is 49.4 Å². The summed E-state index contributed by atoms with van der Waals surface area (Å²) < 4.78 is 0. The van der Waals surface area contributed by atoms with Crippen molar-refractivity contribution in [1.82, 2.24) is 0 Å². The standard InChI is InChI=1S/C10H10O.C7H8O/c11-10-7-3-5-8-4-1-2-6-9(8)10;1-6-2-4-7(8)5-3-6/h1-6,10-11H,7H2;2-5,8H,1H3/t10-;/m1./s1. The van der Waals surface area contributed by atoms with Gasteiger partial charge >= 0.3 is 0 Å². The Hall–Kier alpha value is -2.06. The lowest BCUT2D eigenvalue weighted by Gasteiger charge is -2.15. The lowest BCUT2D eigenvalue weighted by atomic mass is 9.95. The Morgan fingerprint density at radius 1 is 1.00 bits per heavy atom. The van der Waals surface area contributed by atoms with Crippen LogP contribution in [0.4, 0.5) is 0 Å². The Morgan fingerprint density at radius 2 is 1.68 bits per heavy atom. The van der Waals surface area contributed by atoms with Crippen molar-refractivity contribution in [1.29, 1.82) is 0 Å². The Balaban J connectivity index is 0.000000148. The van der Waals surface area contributed by atoms with Crippen molar-refractivity contribution < 1.29 is 10.2 Å². The summed E-state index contributed by atoms with van der Waals surface area (Å²) in [5, 5.41) is 18.3. The number of phenols is 1. The quantitative estimate of drug-likeness (QED) is 0.750. The maximum Gasteiger partial charge on any atom is 0.115 e. The third-order valence-corrected chi connectivity index (χ3v) is 3.05. The van der Waals surface area contributed by atoms with E-state index in [9.17, 15) is 5.11 Å². The monoisotopic (exact) mass is 254 g/mol. The summed E-state index contributed by atoms with van der Waals surface area (Å²) in [6, 6.07) is 15.0. The van der Waals surface area contributed by atoms with Crippen molar-refractivity contribution in [2.45, 2.75) is 19.4 Å². The van der Waals surface area contributed by atoms with Gasteiger partial charge < -0.3 is 10.2 Å². The van der Waals surface area contributed by atoms with E-state index in [0.29, 0.717) is 5.75 Å².